The van der Waals surface area contributed by atoms with E-state index in [4.69, 9.17) is 4.74 Å². The number of likely N-dealkylation sites (N-methyl/N-ethyl adjacent to an activating group) is 1. The summed E-state index contributed by atoms with van der Waals surface area (Å²) in [6.07, 6.45) is 0.646. The number of carbonyl (C=O) groups is 2. The third-order valence-corrected chi connectivity index (χ3v) is 2.79. The minimum absolute atomic E-state index is 0.0179. The third kappa shape index (κ3) is 4.09. The lowest BCUT2D eigenvalue weighted by atomic mass is 9.93. The topological polar surface area (TPSA) is 70.7 Å². The molecule has 0 aromatic rings. The fourth-order valence-corrected chi connectivity index (χ4v) is 1.73. The summed E-state index contributed by atoms with van der Waals surface area (Å²) in [5.74, 6) is 0.174. The van der Waals surface area contributed by atoms with Gasteiger partial charge in [0.15, 0.2) is 5.78 Å². The molecule has 2 unspecified atom stereocenters. The Kier molecular flexibility index (Phi) is 4.65. The molecule has 1 aliphatic heterocycles. The van der Waals surface area contributed by atoms with Crippen LogP contribution < -0.4 is 10.6 Å². The number of carbonyl (C=O) groups excluding carboxylic acids is 2. The summed E-state index contributed by atoms with van der Waals surface area (Å²) in [6, 6.07) is -0.441. The summed E-state index contributed by atoms with van der Waals surface area (Å²) in [5.41, 5.74) is -0.674. The van der Waals surface area contributed by atoms with Crippen LogP contribution in [0.25, 0.3) is 0 Å². The van der Waals surface area contributed by atoms with E-state index < -0.39 is 11.6 Å². The Morgan fingerprint density at radius 1 is 1.41 bits per heavy atom. The van der Waals surface area contributed by atoms with Crippen molar-refractivity contribution in [3.05, 3.63) is 0 Å². The van der Waals surface area contributed by atoms with Crippen LogP contribution in [0.2, 0.25) is 0 Å². The zero-order valence-electron chi connectivity index (χ0n) is 11.0. The van der Waals surface area contributed by atoms with Crippen molar-refractivity contribution in [1.82, 2.24) is 10.6 Å². The second-order valence-corrected chi connectivity index (χ2v) is 5.16. The van der Waals surface area contributed by atoms with E-state index in [1.54, 1.807) is 14.0 Å². The Labute approximate surface area is 102 Å². The number of Topliss-reactive ketones (excluding diaryl/α,β-unsaturated/α-hetero) is 1. The Balaban J connectivity index is 2.60. The molecule has 1 saturated heterocycles. The molecular weight excluding hydrogens is 220 g/mol. The van der Waals surface area contributed by atoms with Gasteiger partial charge in [0.25, 0.3) is 0 Å². The number of nitrogens with one attached hydrogen (secondary N) is 2. The van der Waals surface area contributed by atoms with Crippen molar-refractivity contribution in [2.45, 2.75) is 38.8 Å². The summed E-state index contributed by atoms with van der Waals surface area (Å²) in [6.45, 7) is 6.51. The summed E-state index contributed by atoms with van der Waals surface area (Å²) in [5, 5.41) is 5.53. The highest BCUT2D eigenvalue weighted by Gasteiger charge is 2.49. The zero-order chi connectivity index (χ0) is 13.1. The highest BCUT2D eigenvalue weighted by atomic mass is 16.6. The predicted octanol–water partition coefficient (Wildman–Crippen LogP) is 0.0947. The lowest BCUT2D eigenvalue weighted by Crippen LogP contribution is -2.48. The third-order valence-electron chi connectivity index (χ3n) is 2.79. The maximum Gasteiger partial charge on any atom is 0.234 e. The van der Waals surface area contributed by atoms with Crippen LogP contribution in [0.1, 0.15) is 27.2 Å². The molecule has 1 fully saturated rings. The van der Waals surface area contributed by atoms with Crippen molar-refractivity contribution in [1.29, 1.82) is 0 Å². The number of hydrogen-bond acceptors (Lipinski definition) is 4. The van der Waals surface area contributed by atoms with E-state index in [0.29, 0.717) is 18.9 Å². The first-order valence-electron chi connectivity index (χ1n) is 6.01. The molecule has 5 nitrogen and oxygen atoms in total. The smallest absolute Gasteiger partial charge is 0.234 e. The molecule has 2 N–H and O–H groups in total. The number of ketones is 1. The first-order chi connectivity index (χ1) is 7.89. The van der Waals surface area contributed by atoms with Gasteiger partial charge in [0.05, 0.1) is 19.2 Å². The maximum atomic E-state index is 12.1. The quantitative estimate of drug-likeness (QED) is 0.621. The predicted molar refractivity (Wildman–Crippen MR) is 64.7 cm³/mol. The second kappa shape index (κ2) is 5.60. The van der Waals surface area contributed by atoms with Gasteiger partial charge >= 0.3 is 0 Å². The van der Waals surface area contributed by atoms with E-state index in [9.17, 15) is 9.59 Å². The van der Waals surface area contributed by atoms with E-state index in [1.807, 2.05) is 13.8 Å². The lowest BCUT2D eigenvalue weighted by Gasteiger charge is -2.21. The standard InChI is InChI=1S/C12H22N2O3/c1-8(2)5-9(14-10(15)6-13-4)11(16)12(3)7-17-12/h8-9,13H,5-7H2,1-4H3,(H,14,15). The van der Waals surface area contributed by atoms with E-state index in [1.165, 1.54) is 0 Å². The van der Waals surface area contributed by atoms with Crippen LogP contribution in [-0.2, 0) is 14.3 Å². The molecule has 0 aromatic carbocycles. The van der Waals surface area contributed by atoms with E-state index in [2.05, 4.69) is 10.6 Å². The van der Waals surface area contributed by atoms with Crippen molar-refractivity contribution in [3.63, 3.8) is 0 Å². The average molecular weight is 242 g/mol. The van der Waals surface area contributed by atoms with Crippen molar-refractivity contribution in [2.75, 3.05) is 20.2 Å². The van der Waals surface area contributed by atoms with E-state index >= 15 is 0 Å². The van der Waals surface area contributed by atoms with Gasteiger partial charge in [-0.25, -0.2) is 0 Å². The minimum atomic E-state index is -0.674. The summed E-state index contributed by atoms with van der Waals surface area (Å²) < 4.78 is 5.15. The van der Waals surface area contributed by atoms with Crippen LogP contribution in [0, 0.1) is 5.92 Å². The van der Waals surface area contributed by atoms with Crippen LogP contribution in [0.3, 0.4) is 0 Å². The molecule has 17 heavy (non-hydrogen) atoms. The molecule has 0 aliphatic carbocycles. The molecular formula is C12H22N2O3. The number of ether oxygens (including phenoxy) is 1. The molecule has 1 aliphatic rings. The second-order valence-electron chi connectivity index (χ2n) is 5.16. The van der Waals surface area contributed by atoms with Gasteiger partial charge in [0.2, 0.25) is 5.91 Å². The zero-order valence-corrected chi connectivity index (χ0v) is 11.0. The van der Waals surface area contributed by atoms with Crippen molar-refractivity contribution >= 4 is 11.7 Å². The van der Waals surface area contributed by atoms with Crippen LogP contribution in [0.15, 0.2) is 0 Å². The van der Waals surface area contributed by atoms with Crippen LogP contribution in [-0.4, -0.2) is 43.5 Å². The molecule has 0 radical (unpaired) electrons. The van der Waals surface area contributed by atoms with Gasteiger partial charge in [-0.05, 0) is 26.3 Å². The highest BCUT2D eigenvalue weighted by molar-refractivity contribution is 5.96. The number of rotatable bonds is 7. The number of hydrogen-bond donors (Lipinski definition) is 2. The van der Waals surface area contributed by atoms with Crippen LogP contribution in [0.5, 0.6) is 0 Å². The normalized spacial score (nSPS) is 24.5. The maximum absolute atomic E-state index is 12.1. The van der Waals surface area contributed by atoms with Gasteiger partial charge in [0.1, 0.15) is 5.60 Å². The molecule has 1 rings (SSSR count). The van der Waals surface area contributed by atoms with E-state index in [-0.39, 0.29) is 18.2 Å². The number of epoxide rings is 1. The average Bonchev–Trinajstić information content (AvgIpc) is 2.95. The molecule has 98 valence electrons. The molecule has 0 saturated carbocycles. The Morgan fingerprint density at radius 2 is 2.00 bits per heavy atom. The van der Waals surface area contributed by atoms with Crippen molar-refractivity contribution in [2.24, 2.45) is 5.92 Å². The number of amides is 1. The molecule has 5 heteroatoms. The Bertz CT molecular complexity index is 298. The SMILES string of the molecule is CNCC(=O)NC(CC(C)C)C(=O)C1(C)CO1. The molecule has 0 aromatic heterocycles. The van der Waals surface area contributed by atoms with Gasteiger partial charge in [-0.15, -0.1) is 0 Å². The highest BCUT2D eigenvalue weighted by Crippen LogP contribution is 2.29. The summed E-state index contributed by atoms with van der Waals surface area (Å²) in [7, 11) is 1.70. The van der Waals surface area contributed by atoms with Crippen molar-refractivity contribution in [3.8, 4) is 0 Å². The fourth-order valence-electron chi connectivity index (χ4n) is 1.73. The molecule has 0 bridgehead atoms. The monoisotopic (exact) mass is 242 g/mol. The molecule has 1 heterocycles. The largest absolute Gasteiger partial charge is 0.361 e. The van der Waals surface area contributed by atoms with E-state index in [0.717, 1.165) is 0 Å². The van der Waals surface area contributed by atoms with Crippen molar-refractivity contribution < 1.29 is 14.3 Å². The van der Waals surface area contributed by atoms with Gasteiger partial charge in [-0.2, -0.15) is 0 Å². The molecule has 0 spiro atoms. The van der Waals surface area contributed by atoms with Crippen LogP contribution >= 0.6 is 0 Å². The summed E-state index contributed by atoms with van der Waals surface area (Å²) >= 11 is 0. The first kappa shape index (κ1) is 14.1. The fraction of sp³-hybridized carbons (Fsp3) is 0.833. The minimum Gasteiger partial charge on any atom is -0.361 e. The molecule has 2 atom stereocenters. The van der Waals surface area contributed by atoms with Gasteiger partial charge < -0.3 is 15.4 Å². The lowest BCUT2D eigenvalue weighted by molar-refractivity contribution is -0.130. The molecule has 1 amide bonds. The Hall–Kier alpha value is -0.940. The van der Waals surface area contributed by atoms with Gasteiger partial charge in [-0.3, -0.25) is 9.59 Å². The Morgan fingerprint density at radius 3 is 2.41 bits per heavy atom. The van der Waals surface area contributed by atoms with Crippen LogP contribution in [0.4, 0.5) is 0 Å². The summed E-state index contributed by atoms with van der Waals surface area (Å²) in [4.78, 5) is 23.7. The van der Waals surface area contributed by atoms with Gasteiger partial charge in [-0.1, -0.05) is 13.8 Å². The van der Waals surface area contributed by atoms with Gasteiger partial charge in [0, 0.05) is 0 Å². The first-order valence-corrected chi connectivity index (χ1v) is 6.01.